The molecule has 4 heteroatoms. The van der Waals surface area contributed by atoms with Crippen molar-refractivity contribution < 1.29 is 9.90 Å². The van der Waals surface area contributed by atoms with Gasteiger partial charge < -0.3 is 16.2 Å². The third kappa shape index (κ3) is 4.62. The average molecular weight is 214 g/mol. The Kier molecular flexibility index (Phi) is 5.65. The van der Waals surface area contributed by atoms with Gasteiger partial charge in [0.15, 0.2) is 0 Å². The molecule has 0 aromatic heterocycles. The maximum absolute atomic E-state index is 11.0. The molecule has 1 atom stereocenters. The lowest BCUT2D eigenvalue weighted by molar-refractivity contribution is -0.139. The molecule has 0 bridgehead atoms. The van der Waals surface area contributed by atoms with Crippen LogP contribution in [0.25, 0.3) is 0 Å². The summed E-state index contributed by atoms with van der Waals surface area (Å²) in [5, 5.41) is 12.3. The Morgan fingerprint density at radius 1 is 1.40 bits per heavy atom. The fourth-order valence-corrected chi connectivity index (χ4v) is 2.15. The van der Waals surface area contributed by atoms with Gasteiger partial charge in [-0.25, -0.2) is 0 Å². The highest BCUT2D eigenvalue weighted by Crippen LogP contribution is 2.18. The second kappa shape index (κ2) is 6.80. The molecular weight excluding hydrogens is 192 g/mol. The summed E-state index contributed by atoms with van der Waals surface area (Å²) < 4.78 is 0. The molecule has 1 aliphatic carbocycles. The number of nitrogens with two attached hydrogens (primary N) is 1. The van der Waals surface area contributed by atoms with Crippen LogP contribution < -0.4 is 11.1 Å². The van der Waals surface area contributed by atoms with Gasteiger partial charge in [-0.15, -0.1) is 0 Å². The summed E-state index contributed by atoms with van der Waals surface area (Å²) >= 11 is 0. The monoisotopic (exact) mass is 214 g/mol. The average Bonchev–Trinajstić information content (AvgIpc) is 2.69. The second-order valence-corrected chi connectivity index (χ2v) is 4.32. The minimum atomic E-state index is -0.723. The van der Waals surface area contributed by atoms with Crippen molar-refractivity contribution in [1.29, 1.82) is 0 Å². The van der Waals surface area contributed by atoms with E-state index in [-0.39, 0.29) is 6.04 Å². The van der Waals surface area contributed by atoms with E-state index in [0.29, 0.717) is 19.0 Å². The van der Waals surface area contributed by atoms with Gasteiger partial charge >= 0.3 is 5.97 Å². The zero-order valence-corrected chi connectivity index (χ0v) is 9.24. The highest BCUT2D eigenvalue weighted by Gasteiger charge is 2.23. The first-order valence-corrected chi connectivity index (χ1v) is 5.93. The summed E-state index contributed by atoms with van der Waals surface area (Å²) in [6.45, 7) is 0.649. The molecule has 1 rings (SSSR count). The third-order valence-electron chi connectivity index (χ3n) is 3.04. The fraction of sp³-hybridized carbons (Fsp3) is 0.909. The van der Waals surface area contributed by atoms with Crippen LogP contribution in [0.15, 0.2) is 0 Å². The zero-order chi connectivity index (χ0) is 11.1. The Morgan fingerprint density at radius 3 is 2.60 bits per heavy atom. The molecule has 1 saturated carbocycles. The summed E-state index contributed by atoms with van der Waals surface area (Å²) in [6.07, 6.45) is 7.22. The highest BCUT2D eigenvalue weighted by molar-refractivity contribution is 5.73. The number of hydrogen-bond donors (Lipinski definition) is 3. The van der Waals surface area contributed by atoms with E-state index >= 15 is 0 Å². The van der Waals surface area contributed by atoms with E-state index in [4.69, 9.17) is 10.8 Å². The number of carboxylic acids is 1. The Hall–Kier alpha value is -0.610. The number of aliphatic carboxylic acids is 1. The first kappa shape index (κ1) is 12.5. The Bertz CT molecular complexity index is 191. The molecule has 4 nitrogen and oxygen atoms in total. The number of carbonyl (C=O) groups is 1. The van der Waals surface area contributed by atoms with Crippen molar-refractivity contribution in [3.8, 4) is 0 Å². The molecule has 1 fully saturated rings. The SMILES string of the molecule is NCCCC[C@H](NC1CCCC1)C(=O)O. The molecule has 88 valence electrons. The lowest BCUT2D eigenvalue weighted by atomic mass is 10.1. The third-order valence-corrected chi connectivity index (χ3v) is 3.04. The van der Waals surface area contributed by atoms with Gasteiger partial charge in [0.05, 0.1) is 0 Å². The molecule has 15 heavy (non-hydrogen) atoms. The van der Waals surface area contributed by atoms with Crippen LogP contribution >= 0.6 is 0 Å². The lowest BCUT2D eigenvalue weighted by Crippen LogP contribution is -2.42. The van der Waals surface area contributed by atoms with Crippen LogP contribution in [0.4, 0.5) is 0 Å². The summed E-state index contributed by atoms with van der Waals surface area (Å²) in [7, 11) is 0. The number of unbranched alkanes of at least 4 members (excludes halogenated alkanes) is 1. The van der Waals surface area contributed by atoms with E-state index in [2.05, 4.69) is 5.32 Å². The minimum absolute atomic E-state index is 0.375. The highest BCUT2D eigenvalue weighted by atomic mass is 16.4. The summed E-state index contributed by atoms with van der Waals surface area (Å²) in [6, 6.07) is 0.0450. The van der Waals surface area contributed by atoms with Gasteiger partial charge in [-0.1, -0.05) is 19.3 Å². The number of rotatable bonds is 7. The van der Waals surface area contributed by atoms with Crippen molar-refractivity contribution in [3.05, 3.63) is 0 Å². The topological polar surface area (TPSA) is 75.3 Å². The van der Waals surface area contributed by atoms with Gasteiger partial charge in [0.25, 0.3) is 0 Å². The van der Waals surface area contributed by atoms with Gasteiger partial charge in [0, 0.05) is 6.04 Å². The maximum atomic E-state index is 11.0. The molecule has 0 saturated heterocycles. The van der Waals surface area contributed by atoms with Crippen LogP contribution in [-0.4, -0.2) is 29.7 Å². The molecule has 0 unspecified atom stereocenters. The Morgan fingerprint density at radius 2 is 2.07 bits per heavy atom. The molecular formula is C11H22N2O2. The van der Waals surface area contributed by atoms with Gasteiger partial charge in [-0.2, -0.15) is 0 Å². The molecule has 1 aliphatic rings. The molecule has 0 aromatic carbocycles. The van der Waals surface area contributed by atoms with Crippen molar-refractivity contribution in [2.45, 2.75) is 57.0 Å². The fourth-order valence-electron chi connectivity index (χ4n) is 2.15. The molecule has 0 radical (unpaired) electrons. The van der Waals surface area contributed by atoms with Gasteiger partial charge in [0.1, 0.15) is 6.04 Å². The normalized spacial score (nSPS) is 19.3. The van der Waals surface area contributed by atoms with Crippen LogP contribution in [0.3, 0.4) is 0 Å². The molecule has 0 aliphatic heterocycles. The standard InChI is InChI=1S/C11H22N2O2/c12-8-4-3-7-10(11(14)15)13-9-5-1-2-6-9/h9-10,13H,1-8,12H2,(H,14,15)/t10-/m0/s1. The molecule has 0 heterocycles. The number of hydrogen-bond acceptors (Lipinski definition) is 3. The summed E-state index contributed by atoms with van der Waals surface area (Å²) in [5.41, 5.74) is 5.39. The van der Waals surface area contributed by atoms with E-state index < -0.39 is 5.97 Å². The van der Waals surface area contributed by atoms with Crippen molar-refractivity contribution in [1.82, 2.24) is 5.32 Å². The molecule has 0 spiro atoms. The van der Waals surface area contributed by atoms with Crippen LogP contribution in [0.2, 0.25) is 0 Å². The van der Waals surface area contributed by atoms with Crippen LogP contribution in [0.1, 0.15) is 44.9 Å². The van der Waals surface area contributed by atoms with E-state index in [0.717, 1.165) is 25.7 Å². The van der Waals surface area contributed by atoms with E-state index in [1.165, 1.54) is 12.8 Å². The van der Waals surface area contributed by atoms with E-state index in [1.54, 1.807) is 0 Å². The van der Waals surface area contributed by atoms with Crippen molar-refractivity contribution in [2.75, 3.05) is 6.54 Å². The van der Waals surface area contributed by atoms with Crippen LogP contribution in [-0.2, 0) is 4.79 Å². The minimum Gasteiger partial charge on any atom is -0.480 e. The number of carboxylic acid groups (broad SMARTS) is 1. The van der Waals surface area contributed by atoms with Crippen molar-refractivity contribution in [2.24, 2.45) is 5.73 Å². The second-order valence-electron chi connectivity index (χ2n) is 4.32. The first-order chi connectivity index (χ1) is 7.24. The smallest absolute Gasteiger partial charge is 0.320 e. The maximum Gasteiger partial charge on any atom is 0.320 e. The molecule has 0 aromatic rings. The predicted octanol–water partition coefficient (Wildman–Crippen LogP) is 1.10. The number of nitrogens with one attached hydrogen (secondary N) is 1. The van der Waals surface area contributed by atoms with Gasteiger partial charge in [-0.3, -0.25) is 4.79 Å². The van der Waals surface area contributed by atoms with Gasteiger partial charge in [-0.05, 0) is 32.2 Å². The van der Waals surface area contributed by atoms with Crippen molar-refractivity contribution in [3.63, 3.8) is 0 Å². The largest absolute Gasteiger partial charge is 0.480 e. The molecule has 0 amide bonds. The van der Waals surface area contributed by atoms with Crippen LogP contribution in [0, 0.1) is 0 Å². The molecule has 4 N–H and O–H groups in total. The quantitative estimate of drug-likeness (QED) is 0.555. The van der Waals surface area contributed by atoms with Crippen molar-refractivity contribution >= 4 is 5.97 Å². The van der Waals surface area contributed by atoms with E-state index in [1.807, 2.05) is 0 Å². The Labute approximate surface area is 91.2 Å². The lowest BCUT2D eigenvalue weighted by Gasteiger charge is -2.19. The summed E-state index contributed by atoms with van der Waals surface area (Å²) in [4.78, 5) is 11.0. The Balaban J connectivity index is 2.26. The van der Waals surface area contributed by atoms with Gasteiger partial charge in [0.2, 0.25) is 0 Å². The van der Waals surface area contributed by atoms with Crippen LogP contribution in [0.5, 0.6) is 0 Å². The zero-order valence-electron chi connectivity index (χ0n) is 9.24. The predicted molar refractivity (Wildman–Crippen MR) is 59.7 cm³/mol. The first-order valence-electron chi connectivity index (χ1n) is 5.93. The van der Waals surface area contributed by atoms with E-state index in [9.17, 15) is 4.79 Å². The summed E-state index contributed by atoms with van der Waals surface area (Å²) in [5.74, 6) is -0.723.